The molecule has 1 aromatic heterocycles. The minimum Gasteiger partial charge on any atom is -0.341 e. The Hall–Kier alpha value is -1.43. The number of nitrogens with zero attached hydrogens (tertiary/aromatic N) is 3. The van der Waals surface area contributed by atoms with E-state index in [2.05, 4.69) is 4.98 Å². The maximum atomic E-state index is 12.4. The van der Waals surface area contributed by atoms with E-state index in [0.717, 1.165) is 44.5 Å². The van der Waals surface area contributed by atoms with E-state index in [1.54, 1.807) is 11.3 Å². The van der Waals surface area contributed by atoms with Gasteiger partial charge in [0.2, 0.25) is 11.8 Å². The van der Waals surface area contributed by atoms with Crippen LogP contribution >= 0.6 is 11.3 Å². The molecular formula is C17H25N3O2S. The molecule has 2 heterocycles. The first kappa shape index (κ1) is 16.4. The quantitative estimate of drug-likeness (QED) is 0.848. The molecule has 3 rings (SSSR count). The smallest absolute Gasteiger partial charge is 0.225 e. The van der Waals surface area contributed by atoms with Gasteiger partial charge in [0.1, 0.15) is 0 Å². The minimum atomic E-state index is 0.204. The molecule has 0 radical (unpaired) electrons. The maximum absolute atomic E-state index is 12.4. The number of carbonyl (C=O) groups excluding carboxylic acids is 2. The van der Waals surface area contributed by atoms with E-state index >= 15 is 0 Å². The van der Waals surface area contributed by atoms with E-state index in [1.807, 2.05) is 22.2 Å². The third kappa shape index (κ3) is 3.91. The van der Waals surface area contributed by atoms with Crippen LogP contribution in [0.5, 0.6) is 0 Å². The average Bonchev–Trinajstić information content (AvgIpc) is 2.74. The molecule has 0 N–H and O–H groups in total. The van der Waals surface area contributed by atoms with E-state index in [9.17, 15) is 9.59 Å². The number of thiazole rings is 1. The molecule has 1 aliphatic heterocycles. The zero-order valence-corrected chi connectivity index (χ0v) is 14.6. The Morgan fingerprint density at radius 3 is 2.57 bits per heavy atom. The van der Waals surface area contributed by atoms with Crippen molar-refractivity contribution >= 4 is 23.2 Å². The van der Waals surface area contributed by atoms with Gasteiger partial charge < -0.3 is 9.80 Å². The van der Waals surface area contributed by atoms with Crippen LogP contribution in [0.25, 0.3) is 0 Å². The van der Waals surface area contributed by atoms with Gasteiger partial charge >= 0.3 is 0 Å². The van der Waals surface area contributed by atoms with Gasteiger partial charge in [0.15, 0.2) is 0 Å². The van der Waals surface area contributed by atoms with Crippen LogP contribution in [-0.4, -0.2) is 52.8 Å². The van der Waals surface area contributed by atoms with Crippen LogP contribution in [0.4, 0.5) is 0 Å². The number of rotatable bonds is 4. The number of amides is 2. The Labute approximate surface area is 141 Å². The molecule has 2 amide bonds. The van der Waals surface area contributed by atoms with Crippen molar-refractivity contribution in [1.82, 2.24) is 14.8 Å². The van der Waals surface area contributed by atoms with Crippen molar-refractivity contribution in [1.29, 1.82) is 0 Å². The molecule has 0 aromatic carbocycles. The molecular weight excluding hydrogens is 310 g/mol. The molecule has 23 heavy (non-hydrogen) atoms. The molecule has 5 nitrogen and oxygen atoms in total. The van der Waals surface area contributed by atoms with Crippen LogP contribution < -0.4 is 0 Å². The van der Waals surface area contributed by atoms with E-state index in [1.165, 1.54) is 11.3 Å². The highest BCUT2D eigenvalue weighted by Gasteiger charge is 2.30. The van der Waals surface area contributed by atoms with Gasteiger partial charge in [-0.2, -0.15) is 0 Å². The Morgan fingerprint density at radius 1 is 1.17 bits per heavy atom. The lowest BCUT2D eigenvalue weighted by Crippen LogP contribution is -2.41. The number of hydrogen-bond acceptors (Lipinski definition) is 4. The van der Waals surface area contributed by atoms with Gasteiger partial charge in [-0.1, -0.05) is 6.42 Å². The van der Waals surface area contributed by atoms with Crippen molar-refractivity contribution in [3.05, 3.63) is 16.1 Å². The monoisotopic (exact) mass is 335 g/mol. The summed E-state index contributed by atoms with van der Waals surface area (Å²) in [5, 5.41) is 0. The summed E-state index contributed by atoms with van der Waals surface area (Å²) in [6, 6.07) is 0. The van der Waals surface area contributed by atoms with Gasteiger partial charge in [-0.05, 0) is 32.6 Å². The summed E-state index contributed by atoms with van der Waals surface area (Å²) >= 11 is 1.62. The van der Waals surface area contributed by atoms with Crippen molar-refractivity contribution in [2.24, 2.45) is 5.92 Å². The minimum absolute atomic E-state index is 0.204. The van der Waals surface area contributed by atoms with Gasteiger partial charge in [0.25, 0.3) is 0 Å². The van der Waals surface area contributed by atoms with Gasteiger partial charge in [-0.15, -0.1) is 11.3 Å². The second-order valence-corrected chi connectivity index (χ2v) is 7.49. The van der Waals surface area contributed by atoms with E-state index in [0.29, 0.717) is 25.4 Å². The summed E-state index contributed by atoms with van der Waals surface area (Å²) < 4.78 is 0. The topological polar surface area (TPSA) is 53.5 Å². The molecule has 126 valence electrons. The van der Waals surface area contributed by atoms with Crippen molar-refractivity contribution < 1.29 is 9.59 Å². The number of aryl methyl sites for hydroxylation is 2. The van der Waals surface area contributed by atoms with Crippen LogP contribution in [0.1, 0.15) is 42.7 Å². The fourth-order valence-corrected chi connectivity index (χ4v) is 4.03. The van der Waals surface area contributed by atoms with Crippen LogP contribution in [0.2, 0.25) is 0 Å². The average molecular weight is 335 g/mol. The standard InChI is InChI=1S/C17H25N3O2S/c1-13-15(23-12-18-13)6-7-16(21)19-8-3-9-20(11-10-19)17(22)14-4-2-5-14/h12,14H,2-11H2,1H3. The molecule has 1 aromatic rings. The van der Waals surface area contributed by atoms with Gasteiger partial charge in [-0.25, -0.2) is 4.98 Å². The SMILES string of the molecule is Cc1ncsc1CCC(=O)N1CCCN(C(=O)C2CCC2)CC1. The zero-order chi connectivity index (χ0) is 16.2. The van der Waals surface area contributed by atoms with Gasteiger partial charge in [0, 0.05) is 43.4 Å². The lowest BCUT2D eigenvalue weighted by Gasteiger charge is -2.31. The Morgan fingerprint density at radius 2 is 1.91 bits per heavy atom. The second-order valence-electron chi connectivity index (χ2n) is 6.55. The van der Waals surface area contributed by atoms with Crippen LogP contribution in [0, 0.1) is 12.8 Å². The molecule has 2 aliphatic rings. The van der Waals surface area contributed by atoms with E-state index in [4.69, 9.17) is 0 Å². The number of hydrogen-bond donors (Lipinski definition) is 0. The third-order valence-corrected chi connectivity index (χ3v) is 6.02. The van der Waals surface area contributed by atoms with Crippen molar-refractivity contribution in [2.45, 2.75) is 45.4 Å². The summed E-state index contributed by atoms with van der Waals surface area (Å²) in [4.78, 5) is 34.1. The molecule has 0 atom stereocenters. The van der Waals surface area contributed by atoms with E-state index in [-0.39, 0.29) is 11.8 Å². The normalized spacial score (nSPS) is 19.3. The van der Waals surface area contributed by atoms with Crippen molar-refractivity contribution in [2.75, 3.05) is 26.2 Å². The predicted molar refractivity (Wildman–Crippen MR) is 90.3 cm³/mol. The summed E-state index contributed by atoms with van der Waals surface area (Å²) in [6.45, 7) is 4.94. The maximum Gasteiger partial charge on any atom is 0.225 e. The second kappa shape index (κ2) is 7.43. The Balaban J connectivity index is 1.48. The Kier molecular flexibility index (Phi) is 5.30. The summed E-state index contributed by atoms with van der Waals surface area (Å²) in [5.74, 6) is 0.771. The zero-order valence-electron chi connectivity index (χ0n) is 13.8. The number of aromatic nitrogens is 1. The van der Waals surface area contributed by atoms with Crippen molar-refractivity contribution in [3.63, 3.8) is 0 Å². The fourth-order valence-electron chi connectivity index (χ4n) is 3.25. The first-order chi connectivity index (χ1) is 11.1. The third-order valence-electron chi connectivity index (χ3n) is 5.03. The summed E-state index contributed by atoms with van der Waals surface area (Å²) in [7, 11) is 0. The summed E-state index contributed by atoms with van der Waals surface area (Å²) in [5.41, 5.74) is 2.88. The largest absolute Gasteiger partial charge is 0.341 e. The van der Waals surface area contributed by atoms with Crippen LogP contribution in [0.15, 0.2) is 5.51 Å². The van der Waals surface area contributed by atoms with Crippen molar-refractivity contribution in [3.8, 4) is 0 Å². The highest BCUT2D eigenvalue weighted by molar-refractivity contribution is 7.09. The highest BCUT2D eigenvalue weighted by atomic mass is 32.1. The molecule has 1 saturated carbocycles. The molecule has 1 saturated heterocycles. The molecule has 1 aliphatic carbocycles. The number of carbonyl (C=O) groups is 2. The van der Waals surface area contributed by atoms with Crippen LogP contribution in [0.3, 0.4) is 0 Å². The molecule has 2 fully saturated rings. The van der Waals surface area contributed by atoms with Gasteiger partial charge in [-0.3, -0.25) is 9.59 Å². The fraction of sp³-hybridized carbons (Fsp3) is 0.706. The van der Waals surface area contributed by atoms with Crippen LogP contribution in [-0.2, 0) is 16.0 Å². The Bertz CT molecular complexity index is 568. The highest BCUT2D eigenvalue weighted by Crippen LogP contribution is 2.28. The molecule has 0 bridgehead atoms. The molecule has 0 unspecified atom stereocenters. The van der Waals surface area contributed by atoms with Gasteiger partial charge in [0.05, 0.1) is 11.2 Å². The first-order valence-corrected chi connectivity index (χ1v) is 9.48. The lowest BCUT2D eigenvalue weighted by atomic mass is 9.84. The predicted octanol–water partition coefficient (Wildman–Crippen LogP) is 2.25. The lowest BCUT2D eigenvalue weighted by molar-refractivity contribution is -0.138. The summed E-state index contributed by atoms with van der Waals surface area (Å²) in [6.07, 6.45) is 5.49. The molecule has 0 spiro atoms. The first-order valence-electron chi connectivity index (χ1n) is 8.60. The molecule has 6 heteroatoms. The van der Waals surface area contributed by atoms with E-state index < -0.39 is 0 Å².